The zero-order chi connectivity index (χ0) is 11.4. The topological polar surface area (TPSA) is 24.9 Å². The molecule has 1 heterocycles. The molecule has 0 amide bonds. The summed E-state index contributed by atoms with van der Waals surface area (Å²) in [6, 6.07) is 4.28. The van der Waals surface area contributed by atoms with Gasteiger partial charge in [-0.3, -0.25) is 0 Å². The third-order valence-electron chi connectivity index (χ3n) is 3.11. The highest BCUT2D eigenvalue weighted by atomic mass is 35.5. The Morgan fingerprint density at radius 1 is 1.38 bits per heavy atom. The normalized spacial score (nSPS) is 25.4. The van der Waals surface area contributed by atoms with E-state index in [0.29, 0.717) is 6.04 Å². The van der Waals surface area contributed by atoms with Gasteiger partial charge in [0.05, 0.1) is 5.02 Å². The van der Waals surface area contributed by atoms with E-state index in [0.717, 1.165) is 16.1 Å². The van der Waals surface area contributed by atoms with Crippen molar-refractivity contribution in [1.82, 2.24) is 4.98 Å². The fourth-order valence-corrected chi connectivity index (χ4v) is 3.05. The molecule has 1 aliphatic rings. The summed E-state index contributed by atoms with van der Waals surface area (Å²) in [5.74, 6) is 0.830. The fourth-order valence-electron chi connectivity index (χ4n) is 2.13. The maximum absolute atomic E-state index is 6.07. The molecule has 0 atom stereocenters. The number of hydrogen-bond acceptors (Lipinski definition) is 3. The fraction of sp³-hybridized carbons (Fsp3) is 0.583. The Morgan fingerprint density at radius 3 is 2.75 bits per heavy atom. The lowest BCUT2D eigenvalue weighted by Gasteiger charge is -2.28. The molecule has 0 aromatic carbocycles. The predicted octanol–water partition coefficient (Wildman–Crippen LogP) is 3.82. The summed E-state index contributed by atoms with van der Waals surface area (Å²) < 4.78 is 0. The van der Waals surface area contributed by atoms with Crippen LogP contribution in [0.15, 0.2) is 18.3 Å². The van der Waals surface area contributed by atoms with E-state index >= 15 is 0 Å². The Hall–Kier alpha value is -0.410. The van der Waals surface area contributed by atoms with Crippen molar-refractivity contribution in [2.75, 3.05) is 11.6 Å². The van der Waals surface area contributed by atoms with Gasteiger partial charge in [-0.15, -0.1) is 0 Å². The number of pyridine rings is 1. The molecule has 1 aliphatic carbocycles. The molecule has 2 nitrogen and oxygen atoms in total. The van der Waals surface area contributed by atoms with E-state index in [-0.39, 0.29) is 0 Å². The van der Waals surface area contributed by atoms with Crippen LogP contribution >= 0.6 is 23.4 Å². The molecular formula is C12H17ClN2S. The van der Waals surface area contributed by atoms with E-state index in [1.54, 1.807) is 6.20 Å². The second-order valence-electron chi connectivity index (χ2n) is 4.19. The third kappa shape index (κ3) is 3.05. The smallest absolute Gasteiger partial charge is 0.144 e. The number of rotatable bonds is 3. The van der Waals surface area contributed by atoms with Gasteiger partial charge in [-0.1, -0.05) is 11.6 Å². The van der Waals surface area contributed by atoms with Gasteiger partial charge in [0.25, 0.3) is 0 Å². The summed E-state index contributed by atoms with van der Waals surface area (Å²) in [6.07, 6.45) is 9.01. The average molecular weight is 257 g/mol. The highest BCUT2D eigenvalue weighted by molar-refractivity contribution is 7.99. The van der Waals surface area contributed by atoms with Crippen molar-refractivity contribution >= 4 is 29.2 Å². The van der Waals surface area contributed by atoms with E-state index in [1.165, 1.54) is 25.7 Å². The molecule has 4 heteroatoms. The Bertz CT molecular complexity index is 338. The van der Waals surface area contributed by atoms with Crippen LogP contribution in [0, 0.1) is 0 Å². The van der Waals surface area contributed by atoms with Crippen molar-refractivity contribution in [2.24, 2.45) is 0 Å². The molecule has 0 bridgehead atoms. The highest BCUT2D eigenvalue weighted by Crippen LogP contribution is 2.29. The van der Waals surface area contributed by atoms with E-state index in [9.17, 15) is 0 Å². The Labute approximate surface area is 106 Å². The van der Waals surface area contributed by atoms with Crippen molar-refractivity contribution in [3.63, 3.8) is 0 Å². The summed E-state index contributed by atoms with van der Waals surface area (Å²) >= 11 is 8.06. The average Bonchev–Trinajstić information content (AvgIpc) is 2.33. The first-order valence-corrected chi connectivity index (χ1v) is 7.36. The third-order valence-corrected chi connectivity index (χ3v) is 4.55. The van der Waals surface area contributed by atoms with Crippen LogP contribution in [0.4, 0.5) is 5.82 Å². The SMILES string of the molecule is CSC1CCC(Nc2ncccc2Cl)CC1. The van der Waals surface area contributed by atoms with E-state index in [1.807, 2.05) is 23.9 Å². The van der Waals surface area contributed by atoms with Crippen LogP contribution < -0.4 is 5.32 Å². The van der Waals surface area contributed by atoms with Crippen molar-refractivity contribution in [3.8, 4) is 0 Å². The van der Waals surface area contributed by atoms with Crippen LogP contribution in [-0.4, -0.2) is 22.5 Å². The van der Waals surface area contributed by atoms with E-state index < -0.39 is 0 Å². The molecule has 0 spiro atoms. The van der Waals surface area contributed by atoms with Crippen molar-refractivity contribution in [1.29, 1.82) is 0 Å². The predicted molar refractivity (Wildman–Crippen MR) is 72.4 cm³/mol. The largest absolute Gasteiger partial charge is 0.366 e. The summed E-state index contributed by atoms with van der Waals surface area (Å²) in [7, 11) is 0. The zero-order valence-electron chi connectivity index (χ0n) is 9.45. The highest BCUT2D eigenvalue weighted by Gasteiger charge is 2.20. The second kappa shape index (κ2) is 5.78. The van der Waals surface area contributed by atoms with Gasteiger partial charge < -0.3 is 5.32 Å². The monoisotopic (exact) mass is 256 g/mol. The first kappa shape index (κ1) is 12.1. The van der Waals surface area contributed by atoms with Crippen molar-refractivity contribution in [2.45, 2.75) is 37.0 Å². The number of thioether (sulfide) groups is 1. The molecule has 0 radical (unpaired) electrons. The minimum Gasteiger partial charge on any atom is -0.366 e. The van der Waals surface area contributed by atoms with Crippen LogP contribution in [0.25, 0.3) is 0 Å². The maximum Gasteiger partial charge on any atom is 0.144 e. The molecule has 0 aliphatic heterocycles. The summed E-state index contributed by atoms with van der Waals surface area (Å²) in [6.45, 7) is 0. The Kier molecular flexibility index (Phi) is 4.36. The van der Waals surface area contributed by atoms with Gasteiger partial charge >= 0.3 is 0 Å². The number of hydrogen-bond donors (Lipinski definition) is 1. The lowest BCUT2D eigenvalue weighted by Crippen LogP contribution is -2.27. The molecule has 0 unspecified atom stereocenters. The first-order valence-electron chi connectivity index (χ1n) is 5.69. The summed E-state index contributed by atoms with van der Waals surface area (Å²) in [5.41, 5.74) is 0. The maximum atomic E-state index is 6.07. The van der Waals surface area contributed by atoms with Gasteiger partial charge in [-0.05, 0) is 44.1 Å². The van der Waals surface area contributed by atoms with Crippen LogP contribution in [0.1, 0.15) is 25.7 Å². The Balaban J connectivity index is 1.89. The first-order chi connectivity index (χ1) is 7.79. The zero-order valence-corrected chi connectivity index (χ0v) is 11.0. The lowest BCUT2D eigenvalue weighted by molar-refractivity contribution is 0.472. The van der Waals surface area contributed by atoms with Gasteiger partial charge in [0.15, 0.2) is 0 Å². The van der Waals surface area contributed by atoms with E-state index in [4.69, 9.17) is 11.6 Å². The minimum absolute atomic E-state index is 0.538. The molecule has 1 N–H and O–H groups in total. The number of nitrogens with one attached hydrogen (secondary N) is 1. The lowest BCUT2D eigenvalue weighted by atomic mass is 9.95. The molecule has 0 saturated heterocycles. The van der Waals surface area contributed by atoms with Crippen LogP contribution in [-0.2, 0) is 0 Å². The van der Waals surface area contributed by atoms with Gasteiger partial charge in [0.1, 0.15) is 5.82 Å². The molecular weight excluding hydrogens is 240 g/mol. The molecule has 1 fully saturated rings. The number of aromatic nitrogens is 1. The molecule has 1 saturated carbocycles. The van der Waals surface area contributed by atoms with Crippen LogP contribution in [0.2, 0.25) is 5.02 Å². The van der Waals surface area contributed by atoms with Crippen molar-refractivity contribution in [3.05, 3.63) is 23.4 Å². The quantitative estimate of drug-likeness (QED) is 0.890. The summed E-state index contributed by atoms with van der Waals surface area (Å²) in [5, 5.41) is 5.00. The van der Waals surface area contributed by atoms with Gasteiger partial charge in [0.2, 0.25) is 0 Å². The van der Waals surface area contributed by atoms with Crippen LogP contribution in [0.5, 0.6) is 0 Å². The molecule has 1 aromatic heterocycles. The van der Waals surface area contributed by atoms with E-state index in [2.05, 4.69) is 16.6 Å². The standard InChI is InChI=1S/C12H17ClN2S/c1-16-10-6-4-9(5-7-10)15-12-11(13)3-2-8-14-12/h2-3,8-10H,4-7H2,1H3,(H,14,15). The number of halogens is 1. The number of anilines is 1. The van der Waals surface area contributed by atoms with Gasteiger partial charge in [-0.2, -0.15) is 11.8 Å². The molecule has 88 valence electrons. The molecule has 1 aromatic rings. The molecule has 16 heavy (non-hydrogen) atoms. The summed E-state index contributed by atoms with van der Waals surface area (Å²) in [4.78, 5) is 4.26. The van der Waals surface area contributed by atoms with Crippen molar-refractivity contribution < 1.29 is 0 Å². The minimum atomic E-state index is 0.538. The van der Waals surface area contributed by atoms with Crippen LogP contribution in [0.3, 0.4) is 0 Å². The second-order valence-corrected chi connectivity index (χ2v) is 5.73. The molecule has 2 rings (SSSR count). The Morgan fingerprint density at radius 2 is 2.12 bits per heavy atom. The van der Waals surface area contributed by atoms with Gasteiger partial charge in [0, 0.05) is 17.5 Å². The number of nitrogens with zero attached hydrogens (tertiary/aromatic N) is 1. The van der Waals surface area contributed by atoms with Gasteiger partial charge in [-0.25, -0.2) is 4.98 Å².